The van der Waals surface area contributed by atoms with Gasteiger partial charge in [0, 0.05) is 37.5 Å². The van der Waals surface area contributed by atoms with E-state index in [9.17, 15) is 20.2 Å². The fourth-order valence-corrected chi connectivity index (χ4v) is 3.40. The standard InChI is InChI=1S/C19H18ClN5O3/c20-16-4-3-14(10-17(16)25(27)28)19(26)23-12-13-5-8-24(9-6-13)18-15(11-21)2-1-7-22-18/h1-4,7,10,13H,5-6,8-9,12H2,(H,23,26). The molecule has 3 rings (SSSR count). The Hall–Kier alpha value is -3.18. The molecule has 1 aliphatic heterocycles. The second kappa shape index (κ2) is 8.67. The van der Waals surface area contributed by atoms with Crippen molar-refractivity contribution in [3.05, 3.63) is 62.8 Å². The average Bonchev–Trinajstić information content (AvgIpc) is 2.72. The predicted octanol–water partition coefficient (Wildman–Crippen LogP) is 3.16. The molecule has 2 heterocycles. The van der Waals surface area contributed by atoms with Crippen molar-refractivity contribution in [3.8, 4) is 6.07 Å². The highest BCUT2D eigenvalue weighted by molar-refractivity contribution is 6.32. The highest BCUT2D eigenvalue weighted by Crippen LogP contribution is 2.26. The average molecular weight is 400 g/mol. The Morgan fingerprint density at radius 1 is 1.39 bits per heavy atom. The van der Waals surface area contributed by atoms with Crippen molar-refractivity contribution in [2.75, 3.05) is 24.5 Å². The van der Waals surface area contributed by atoms with Gasteiger partial charge in [-0.3, -0.25) is 14.9 Å². The van der Waals surface area contributed by atoms with E-state index in [1.165, 1.54) is 18.2 Å². The number of anilines is 1. The Bertz CT molecular complexity index is 935. The molecule has 1 fully saturated rings. The fraction of sp³-hybridized carbons (Fsp3) is 0.316. The summed E-state index contributed by atoms with van der Waals surface area (Å²) in [6.07, 6.45) is 3.37. The number of amides is 1. The SMILES string of the molecule is N#Cc1cccnc1N1CCC(CNC(=O)c2ccc(Cl)c([N+](=O)[O-])c2)CC1. The van der Waals surface area contributed by atoms with E-state index in [-0.39, 0.29) is 28.1 Å². The number of nitrogens with one attached hydrogen (secondary N) is 1. The number of carbonyl (C=O) groups is 1. The molecule has 1 aliphatic rings. The van der Waals surface area contributed by atoms with Crippen LogP contribution in [0, 0.1) is 27.4 Å². The summed E-state index contributed by atoms with van der Waals surface area (Å²) in [5, 5.41) is 23.0. The van der Waals surface area contributed by atoms with E-state index in [1.807, 2.05) is 0 Å². The number of nitrogens with zero attached hydrogens (tertiary/aromatic N) is 4. The minimum atomic E-state index is -0.609. The Morgan fingerprint density at radius 2 is 2.14 bits per heavy atom. The van der Waals surface area contributed by atoms with Gasteiger partial charge in [0.15, 0.2) is 0 Å². The van der Waals surface area contributed by atoms with E-state index in [2.05, 4.69) is 21.3 Å². The molecule has 0 bridgehead atoms. The smallest absolute Gasteiger partial charge is 0.288 e. The number of aromatic nitrogens is 1. The number of benzene rings is 1. The van der Waals surface area contributed by atoms with Crippen LogP contribution in [-0.4, -0.2) is 35.4 Å². The number of piperidine rings is 1. The van der Waals surface area contributed by atoms with Crippen molar-refractivity contribution in [1.29, 1.82) is 5.26 Å². The summed E-state index contributed by atoms with van der Waals surface area (Å²) in [5.74, 6) is 0.622. The lowest BCUT2D eigenvalue weighted by molar-refractivity contribution is -0.384. The van der Waals surface area contributed by atoms with E-state index >= 15 is 0 Å². The molecule has 0 spiro atoms. The lowest BCUT2D eigenvalue weighted by Gasteiger charge is -2.33. The van der Waals surface area contributed by atoms with Gasteiger partial charge in [0.1, 0.15) is 16.9 Å². The van der Waals surface area contributed by atoms with Gasteiger partial charge in [0.25, 0.3) is 11.6 Å². The Morgan fingerprint density at radius 3 is 2.82 bits per heavy atom. The lowest BCUT2D eigenvalue weighted by Crippen LogP contribution is -2.39. The van der Waals surface area contributed by atoms with Crippen molar-refractivity contribution in [2.24, 2.45) is 5.92 Å². The molecule has 9 heteroatoms. The lowest BCUT2D eigenvalue weighted by atomic mass is 9.96. The topological polar surface area (TPSA) is 112 Å². The van der Waals surface area contributed by atoms with Crippen LogP contribution in [0.15, 0.2) is 36.5 Å². The van der Waals surface area contributed by atoms with Gasteiger partial charge in [-0.25, -0.2) is 4.98 Å². The van der Waals surface area contributed by atoms with Gasteiger partial charge in [-0.05, 0) is 43.0 Å². The molecule has 0 aliphatic carbocycles. The zero-order chi connectivity index (χ0) is 20.1. The summed E-state index contributed by atoms with van der Waals surface area (Å²) in [5.41, 5.74) is 0.477. The van der Waals surface area contributed by atoms with Gasteiger partial charge < -0.3 is 10.2 Å². The minimum Gasteiger partial charge on any atom is -0.356 e. The number of pyridine rings is 1. The zero-order valence-electron chi connectivity index (χ0n) is 15.0. The highest BCUT2D eigenvalue weighted by atomic mass is 35.5. The van der Waals surface area contributed by atoms with Crippen LogP contribution in [0.1, 0.15) is 28.8 Å². The van der Waals surface area contributed by atoms with Crippen molar-refractivity contribution in [3.63, 3.8) is 0 Å². The molecule has 1 aromatic heterocycles. The van der Waals surface area contributed by atoms with Crippen LogP contribution in [0.3, 0.4) is 0 Å². The summed E-state index contributed by atoms with van der Waals surface area (Å²) >= 11 is 5.78. The van der Waals surface area contributed by atoms with Crippen LogP contribution in [-0.2, 0) is 0 Å². The molecule has 0 unspecified atom stereocenters. The molecule has 144 valence electrons. The molecule has 0 atom stereocenters. The first-order valence-corrected chi connectivity index (χ1v) is 9.19. The third-order valence-electron chi connectivity index (χ3n) is 4.78. The van der Waals surface area contributed by atoms with E-state index in [1.54, 1.807) is 18.3 Å². The van der Waals surface area contributed by atoms with Crippen molar-refractivity contribution in [2.45, 2.75) is 12.8 Å². The molecular weight excluding hydrogens is 382 g/mol. The molecule has 28 heavy (non-hydrogen) atoms. The maximum Gasteiger partial charge on any atom is 0.288 e. The molecule has 0 radical (unpaired) electrons. The first-order chi connectivity index (χ1) is 13.5. The molecular formula is C19H18ClN5O3. The Labute approximate surface area is 166 Å². The number of carbonyl (C=O) groups excluding carboxylic acids is 1. The molecule has 2 aromatic rings. The largest absolute Gasteiger partial charge is 0.356 e. The first kappa shape index (κ1) is 19.6. The number of nitro groups is 1. The molecule has 1 amide bonds. The minimum absolute atomic E-state index is 0.000168. The van der Waals surface area contributed by atoms with Gasteiger partial charge in [0.05, 0.1) is 10.5 Å². The number of hydrogen-bond acceptors (Lipinski definition) is 6. The van der Waals surface area contributed by atoms with Crippen LogP contribution >= 0.6 is 11.6 Å². The third kappa shape index (κ3) is 4.38. The summed E-state index contributed by atoms with van der Waals surface area (Å²) in [4.78, 5) is 29.0. The summed E-state index contributed by atoms with van der Waals surface area (Å²) in [7, 11) is 0. The second-order valence-electron chi connectivity index (χ2n) is 6.55. The van der Waals surface area contributed by atoms with E-state index in [0.29, 0.717) is 17.9 Å². The van der Waals surface area contributed by atoms with Gasteiger partial charge in [0.2, 0.25) is 0 Å². The summed E-state index contributed by atoms with van der Waals surface area (Å²) < 4.78 is 0. The summed E-state index contributed by atoms with van der Waals surface area (Å²) in [6, 6.07) is 9.66. The van der Waals surface area contributed by atoms with Crippen LogP contribution in [0.2, 0.25) is 5.02 Å². The van der Waals surface area contributed by atoms with Crippen LogP contribution in [0.25, 0.3) is 0 Å². The Kier molecular flexibility index (Phi) is 6.06. The number of hydrogen-bond donors (Lipinski definition) is 1. The van der Waals surface area contributed by atoms with Crippen molar-refractivity contribution in [1.82, 2.24) is 10.3 Å². The molecule has 1 saturated heterocycles. The molecule has 8 nitrogen and oxygen atoms in total. The predicted molar refractivity (Wildman–Crippen MR) is 104 cm³/mol. The molecule has 0 saturated carbocycles. The maximum atomic E-state index is 12.3. The first-order valence-electron chi connectivity index (χ1n) is 8.82. The van der Waals surface area contributed by atoms with Gasteiger partial charge >= 0.3 is 0 Å². The highest BCUT2D eigenvalue weighted by Gasteiger charge is 2.23. The third-order valence-corrected chi connectivity index (χ3v) is 5.10. The maximum absolute atomic E-state index is 12.3. The van der Waals surface area contributed by atoms with Crippen molar-refractivity contribution < 1.29 is 9.72 Å². The van der Waals surface area contributed by atoms with Crippen LogP contribution in [0.4, 0.5) is 11.5 Å². The number of nitro benzene ring substituents is 1. The quantitative estimate of drug-likeness (QED) is 0.610. The van der Waals surface area contributed by atoms with E-state index in [4.69, 9.17) is 11.6 Å². The second-order valence-corrected chi connectivity index (χ2v) is 6.96. The zero-order valence-corrected chi connectivity index (χ0v) is 15.7. The Balaban J connectivity index is 1.54. The molecule has 1 aromatic carbocycles. The number of nitriles is 1. The van der Waals surface area contributed by atoms with Crippen LogP contribution in [0.5, 0.6) is 0 Å². The van der Waals surface area contributed by atoms with Gasteiger partial charge in [-0.15, -0.1) is 0 Å². The van der Waals surface area contributed by atoms with Gasteiger partial charge in [-0.2, -0.15) is 5.26 Å². The van der Waals surface area contributed by atoms with Crippen molar-refractivity contribution >= 4 is 29.0 Å². The van der Waals surface area contributed by atoms with Gasteiger partial charge in [-0.1, -0.05) is 11.6 Å². The fourth-order valence-electron chi connectivity index (χ4n) is 3.22. The monoisotopic (exact) mass is 399 g/mol. The molecule has 1 N–H and O–H groups in total. The summed E-state index contributed by atoms with van der Waals surface area (Å²) in [6.45, 7) is 1.98. The number of rotatable bonds is 5. The van der Waals surface area contributed by atoms with E-state index in [0.717, 1.165) is 25.9 Å². The van der Waals surface area contributed by atoms with E-state index < -0.39 is 4.92 Å². The number of halogens is 1. The van der Waals surface area contributed by atoms with Crippen LogP contribution < -0.4 is 10.2 Å². The normalized spacial score (nSPS) is 14.4.